The summed E-state index contributed by atoms with van der Waals surface area (Å²) in [4.78, 5) is 23.5. The second-order valence-corrected chi connectivity index (χ2v) is 5.75. The maximum atomic E-state index is 11.8. The van der Waals surface area contributed by atoms with Gasteiger partial charge in [-0.2, -0.15) is 0 Å². The van der Waals surface area contributed by atoms with E-state index in [4.69, 9.17) is 4.74 Å². The molecule has 126 valence electrons. The van der Waals surface area contributed by atoms with Crippen LogP contribution >= 0.6 is 0 Å². The van der Waals surface area contributed by atoms with Crippen LogP contribution in [-0.4, -0.2) is 43.8 Å². The van der Waals surface area contributed by atoms with Gasteiger partial charge in [0.2, 0.25) is 5.91 Å². The predicted octanol–water partition coefficient (Wildman–Crippen LogP) is 1.21. The van der Waals surface area contributed by atoms with Crippen LogP contribution in [0.3, 0.4) is 0 Å². The van der Waals surface area contributed by atoms with Crippen LogP contribution in [0, 0.1) is 0 Å². The van der Waals surface area contributed by atoms with E-state index in [2.05, 4.69) is 16.0 Å². The van der Waals surface area contributed by atoms with Gasteiger partial charge >= 0.3 is 6.03 Å². The van der Waals surface area contributed by atoms with Crippen LogP contribution in [0.5, 0.6) is 0 Å². The maximum Gasteiger partial charge on any atom is 0.315 e. The zero-order chi connectivity index (χ0) is 16.5. The summed E-state index contributed by atoms with van der Waals surface area (Å²) in [6.45, 7) is 3.19. The SMILES string of the molecule is C[C@H](NC(=O)NCC(=O)NCCc1ccccc1)[C@@H]1CCCO1. The number of nitrogens with one attached hydrogen (secondary N) is 3. The number of hydrogen-bond donors (Lipinski definition) is 3. The van der Waals surface area contributed by atoms with E-state index in [1.807, 2.05) is 37.3 Å². The van der Waals surface area contributed by atoms with E-state index in [0.717, 1.165) is 25.9 Å². The molecular formula is C17H25N3O3. The second kappa shape index (κ2) is 9.15. The molecule has 0 spiro atoms. The van der Waals surface area contributed by atoms with Crippen molar-refractivity contribution in [2.75, 3.05) is 19.7 Å². The zero-order valence-electron chi connectivity index (χ0n) is 13.5. The Kier molecular flexibility index (Phi) is 6.87. The molecule has 6 heteroatoms. The van der Waals surface area contributed by atoms with Crippen molar-refractivity contribution < 1.29 is 14.3 Å². The molecule has 0 aromatic heterocycles. The standard InChI is InChI=1S/C17H25N3O3/c1-13(15-8-5-11-23-15)20-17(22)19-12-16(21)18-10-9-14-6-3-2-4-7-14/h2-4,6-7,13,15H,5,8-12H2,1H3,(H,18,21)(H2,19,20,22)/t13-,15-/m0/s1. The summed E-state index contributed by atoms with van der Waals surface area (Å²) >= 11 is 0. The summed E-state index contributed by atoms with van der Waals surface area (Å²) in [6.07, 6.45) is 2.83. The number of amides is 3. The molecule has 1 heterocycles. The minimum absolute atomic E-state index is 0.0289. The van der Waals surface area contributed by atoms with Gasteiger partial charge in [-0.1, -0.05) is 30.3 Å². The summed E-state index contributed by atoms with van der Waals surface area (Å²) in [5, 5.41) is 8.16. The molecule has 1 aromatic rings. The Morgan fingerprint density at radius 1 is 1.26 bits per heavy atom. The molecule has 1 aliphatic heterocycles. The van der Waals surface area contributed by atoms with Gasteiger partial charge in [0, 0.05) is 13.2 Å². The van der Waals surface area contributed by atoms with Gasteiger partial charge in [0.25, 0.3) is 0 Å². The third-order valence-corrected chi connectivity index (χ3v) is 3.87. The molecule has 2 rings (SSSR count). The molecule has 6 nitrogen and oxygen atoms in total. The Morgan fingerprint density at radius 2 is 2.04 bits per heavy atom. The van der Waals surface area contributed by atoms with Crippen LogP contribution in [-0.2, 0) is 16.0 Å². The Hall–Kier alpha value is -2.08. The maximum absolute atomic E-state index is 11.8. The average molecular weight is 319 g/mol. The van der Waals surface area contributed by atoms with Crippen molar-refractivity contribution >= 4 is 11.9 Å². The second-order valence-electron chi connectivity index (χ2n) is 5.75. The first-order chi connectivity index (χ1) is 11.1. The fourth-order valence-corrected chi connectivity index (χ4v) is 2.56. The fraction of sp³-hybridized carbons (Fsp3) is 0.529. The minimum Gasteiger partial charge on any atom is -0.376 e. The van der Waals surface area contributed by atoms with Crippen molar-refractivity contribution in [2.24, 2.45) is 0 Å². The largest absolute Gasteiger partial charge is 0.376 e. The molecule has 1 fully saturated rings. The van der Waals surface area contributed by atoms with Crippen LogP contribution in [0.1, 0.15) is 25.3 Å². The molecule has 0 radical (unpaired) electrons. The summed E-state index contributed by atoms with van der Waals surface area (Å²) in [7, 11) is 0. The predicted molar refractivity (Wildman–Crippen MR) is 88.1 cm³/mol. The summed E-state index contributed by atoms with van der Waals surface area (Å²) in [5.41, 5.74) is 1.17. The van der Waals surface area contributed by atoms with E-state index >= 15 is 0 Å². The van der Waals surface area contributed by atoms with Gasteiger partial charge in [0.1, 0.15) is 0 Å². The first-order valence-electron chi connectivity index (χ1n) is 8.12. The molecule has 0 aliphatic carbocycles. The molecule has 2 atom stereocenters. The third kappa shape index (κ3) is 6.28. The van der Waals surface area contributed by atoms with E-state index in [9.17, 15) is 9.59 Å². The average Bonchev–Trinajstić information content (AvgIpc) is 3.08. The fourth-order valence-electron chi connectivity index (χ4n) is 2.56. The number of ether oxygens (including phenoxy) is 1. The molecule has 1 saturated heterocycles. The summed E-state index contributed by atoms with van der Waals surface area (Å²) < 4.78 is 5.51. The normalized spacial score (nSPS) is 18.2. The van der Waals surface area contributed by atoms with Gasteiger partial charge in [-0.3, -0.25) is 4.79 Å². The van der Waals surface area contributed by atoms with Gasteiger partial charge in [-0.15, -0.1) is 0 Å². The van der Waals surface area contributed by atoms with E-state index in [1.165, 1.54) is 5.56 Å². The number of rotatable bonds is 7. The third-order valence-electron chi connectivity index (χ3n) is 3.87. The summed E-state index contributed by atoms with van der Waals surface area (Å²) in [5.74, 6) is -0.194. The van der Waals surface area contributed by atoms with Gasteiger partial charge in [0.05, 0.1) is 18.7 Å². The number of hydrogen-bond acceptors (Lipinski definition) is 3. The van der Waals surface area contributed by atoms with E-state index in [1.54, 1.807) is 0 Å². The summed E-state index contributed by atoms with van der Waals surface area (Å²) in [6, 6.07) is 9.54. The van der Waals surface area contributed by atoms with Crippen LogP contribution in [0.15, 0.2) is 30.3 Å². The van der Waals surface area contributed by atoms with Crippen LogP contribution < -0.4 is 16.0 Å². The van der Waals surface area contributed by atoms with Crippen molar-refractivity contribution in [1.82, 2.24) is 16.0 Å². The highest BCUT2D eigenvalue weighted by Crippen LogP contribution is 2.15. The zero-order valence-corrected chi connectivity index (χ0v) is 13.5. The monoisotopic (exact) mass is 319 g/mol. The van der Waals surface area contributed by atoms with Crippen LogP contribution in [0.2, 0.25) is 0 Å². The number of carbonyl (C=O) groups excluding carboxylic acids is 2. The lowest BCUT2D eigenvalue weighted by Gasteiger charge is -2.20. The molecule has 1 aromatic carbocycles. The highest BCUT2D eigenvalue weighted by Gasteiger charge is 2.23. The van der Waals surface area contributed by atoms with Crippen molar-refractivity contribution in [2.45, 2.75) is 38.3 Å². The molecule has 0 saturated carbocycles. The highest BCUT2D eigenvalue weighted by atomic mass is 16.5. The lowest BCUT2D eigenvalue weighted by atomic mass is 10.1. The Balaban J connectivity index is 1.57. The lowest BCUT2D eigenvalue weighted by molar-refractivity contribution is -0.120. The molecule has 23 heavy (non-hydrogen) atoms. The van der Waals surface area contributed by atoms with Crippen molar-refractivity contribution in [3.05, 3.63) is 35.9 Å². The van der Waals surface area contributed by atoms with Gasteiger partial charge in [-0.25, -0.2) is 4.79 Å². The van der Waals surface area contributed by atoms with Crippen molar-refractivity contribution in [3.8, 4) is 0 Å². The van der Waals surface area contributed by atoms with Gasteiger partial charge < -0.3 is 20.7 Å². The van der Waals surface area contributed by atoms with Crippen LogP contribution in [0.25, 0.3) is 0 Å². The van der Waals surface area contributed by atoms with Crippen LogP contribution in [0.4, 0.5) is 4.79 Å². The smallest absolute Gasteiger partial charge is 0.315 e. The Labute approximate surface area is 137 Å². The Bertz CT molecular complexity index is 501. The van der Waals surface area contributed by atoms with E-state index < -0.39 is 0 Å². The highest BCUT2D eigenvalue weighted by molar-refractivity contribution is 5.83. The van der Waals surface area contributed by atoms with Crippen molar-refractivity contribution in [1.29, 1.82) is 0 Å². The minimum atomic E-state index is -0.341. The molecule has 0 unspecified atom stereocenters. The van der Waals surface area contributed by atoms with E-state index in [0.29, 0.717) is 6.54 Å². The van der Waals surface area contributed by atoms with E-state index in [-0.39, 0.29) is 30.6 Å². The molecular weight excluding hydrogens is 294 g/mol. The van der Waals surface area contributed by atoms with Gasteiger partial charge in [-0.05, 0) is 31.7 Å². The quantitative estimate of drug-likeness (QED) is 0.707. The number of benzene rings is 1. The first-order valence-corrected chi connectivity index (χ1v) is 8.12. The number of urea groups is 1. The molecule has 0 bridgehead atoms. The van der Waals surface area contributed by atoms with Crippen molar-refractivity contribution in [3.63, 3.8) is 0 Å². The topological polar surface area (TPSA) is 79.5 Å². The Morgan fingerprint density at radius 3 is 2.74 bits per heavy atom. The van der Waals surface area contributed by atoms with Gasteiger partial charge in [0.15, 0.2) is 0 Å². The molecule has 3 N–H and O–H groups in total. The first kappa shape index (κ1) is 17.3. The molecule has 1 aliphatic rings. The lowest BCUT2D eigenvalue weighted by Crippen LogP contribution is -2.48. The molecule has 3 amide bonds. The number of carbonyl (C=O) groups is 2.